The standard InChI is InChI=1S/C11H20F3NO/c1-8(4-6-16-2)10-7-9(3-5-15-10)11(12,13)14/h8-10,15H,3-7H2,1-2H3. The fourth-order valence-electron chi connectivity index (χ4n) is 2.19. The van der Waals surface area contributed by atoms with Crippen LogP contribution in [0.2, 0.25) is 0 Å². The summed E-state index contributed by atoms with van der Waals surface area (Å²) < 4.78 is 42.7. The van der Waals surface area contributed by atoms with E-state index in [1.165, 1.54) is 0 Å². The molecule has 1 aliphatic rings. The maximum absolute atomic E-state index is 12.6. The number of nitrogens with one attached hydrogen (secondary N) is 1. The fourth-order valence-corrected chi connectivity index (χ4v) is 2.19. The van der Waals surface area contributed by atoms with E-state index >= 15 is 0 Å². The molecule has 3 atom stereocenters. The summed E-state index contributed by atoms with van der Waals surface area (Å²) in [6.07, 6.45) is -2.83. The molecule has 0 aromatic rings. The normalized spacial score (nSPS) is 29.1. The van der Waals surface area contributed by atoms with E-state index in [1.54, 1.807) is 7.11 Å². The van der Waals surface area contributed by atoms with Crippen molar-refractivity contribution in [3.8, 4) is 0 Å². The van der Waals surface area contributed by atoms with Gasteiger partial charge in [-0.15, -0.1) is 0 Å². The zero-order valence-electron chi connectivity index (χ0n) is 9.81. The average molecular weight is 239 g/mol. The Balaban J connectivity index is 2.43. The summed E-state index contributed by atoms with van der Waals surface area (Å²) in [5.41, 5.74) is 0. The molecular formula is C11H20F3NO. The van der Waals surface area contributed by atoms with Gasteiger partial charge in [-0.2, -0.15) is 13.2 Å². The third kappa shape index (κ3) is 3.94. The smallest absolute Gasteiger partial charge is 0.385 e. The Morgan fingerprint density at radius 2 is 2.12 bits per heavy atom. The molecule has 0 aromatic carbocycles. The minimum absolute atomic E-state index is 0.0319. The fraction of sp³-hybridized carbons (Fsp3) is 1.00. The first-order valence-corrected chi connectivity index (χ1v) is 5.74. The van der Waals surface area contributed by atoms with Crippen LogP contribution in [0.15, 0.2) is 0 Å². The second-order valence-electron chi connectivity index (χ2n) is 4.58. The van der Waals surface area contributed by atoms with E-state index in [0.717, 1.165) is 6.42 Å². The summed E-state index contributed by atoms with van der Waals surface area (Å²) in [5, 5.41) is 3.17. The Morgan fingerprint density at radius 1 is 1.44 bits per heavy atom. The molecule has 1 saturated heterocycles. The number of methoxy groups -OCH3 is 1. The van der Waals surface area contributed by atoms with Gasteiger partial charge in [-0.3, -0.25) is 0 Å². The molecular weight excluding hydrogens is 219 g/mol. The van der Waals surface area contributed by atoms with Crippen LogP contribution >= 0.6 is 0 Å². The Bertz CT molecular complexity index is 208. The third-order valence-corrected chi connectivity index (χ3v) is 3.36. The molecule has 1 N–H and O–H groups in total. The van der Waals surface area contributed by atoms with Crippen molar-refractivity contribution < 1.29 is 17.9 Å². The molecule has 0 spiro atoms. The van der Waals surface area contributed by atoms with Crippen molar-refractivity contribution in [1.29, 1.82) is 0 Å². The molecule has 0 bridgehead atoms. The van der Waals surface area contributed by atoms with Crippen molar-refractivity contribution in [2.24, 2.45) is 11.8 Å². The molecule has 1 aliphatic heterocycles. The lowest BCUT2D eigenvalue weighted by Crippen LogP contribution is -2.46. The van der Waals surface area contributed by atoms with Gasteiger partial charge in [0.1, 0.15) is 0 Å². The van der Waals surface area contributed by atoms with Gasteiger partial charge in [-0.1, -0.05) is 6.92 Å². The number of alkyl halides is 3. The Labute approximate surface area is 94.5 Å². The SMILES string of the molecule is COCCC(C)C1CC(C(F)(F)F)CCN1. The zero-order valence-corrected chi connectivity index (χ0v) is 9.81. The molecule has 1 heterocycles. The first kappa shape index (κ1) is 13.8. The van der Waals surface area contributed by atoms with Crippen molar-refractivity contribution >= 4 is 0 Å². The van der Waals surface area contributed by atoms with E-state index in [-0.39, 0.29) is 24.8 Å². The van der Waals surface area contributed by atoms with Crippen LogP contribution in [0.3, 0.4) is 0 Å². The van der Waals surface area contributed by atoms with E-state index in [4.69, 9.17) is 4.74 Å². The largest absolute Gasteiger partial charge is 0.391 e. The van der Waals surface area contributed by atoms with Crippen LogP contribution < -0.4 is 5.32 Å². The van der Waals surface area contributed by atoms with Crippen LogP contribution in [-0.4, -0.2) is 32.5 Å². The van der Waals surface area contributed by atoms with Crippen molar-refractivity contribution in [3.05, 3.63) is 0 Å². The van der Waals surface area contributed by atoms with Crippen LogP contribution in [0.1, 0.15) is 26.2 Å². The van der Waals surface area contributed by atoms with Crippen LogP contribution in [0, 0.1) is 11.8 Å². The molecule has 5 heteroatoms. The number of hydrogen-bond acceptors (Lipinski definition) is 2. The number of rotatable bonds is 4. The summed E-state index contributed by atoms with van der Waals surface area (Å²) >= 11 is 0. The van der Waals surface area contributed by atoms with E-state index < -0.39 is 12.1 Å². The van der Waals surface area contributed by atoms with Crippen molar-refractivity contribution in [2.45, 2.75) is 38.4 Å². The summed E-state index contributed by atoms with van der Waals surface area (Å²) in [5.74, 6) is -0.908. The van der Waals surface area contributed by atoms with Crippen molar-refractivity contribution in [1.82, 2.24) is 5.32 Å². The van der Waals surface area contributed by atoms with E-state index in [2.05, 4.69) is 5.32 Å². The summed E-state index contributed by atoms with van der Waals surface area (Å²) in [4.78, 5) is 0. The van der Waals surface area contributed by atoms with E-state index in [9.17, 15) is 13.2 Å². The summed E-state index contributed by atoms with van der Waals surface area (Å²) in [6.45, 7) is 3.05. The van der Waals surface area contributed by atoms with Gasteiger partial charge in [0.25, 0.3) is 0 Å². The maximum Gasteiger partial charge on any atom is 0.391 e. The monoisotopic (exact) mass is 239 g/mol. The molecule has 3 unspecified atom stereocenters. The molecule has 0 aliphatic carbocycles. The number of ether oxygens (including phenoxy) is 1. The number of hydrogen-bond donors (Lipinski definition) is 1. The molecule has 2 nitrogen and oxygen atoms in total. The molecule has 16 heavy (non-hydrogen) atoms. The first-order valence-electron chi connectivity index (χ1n) is 5.74. The van der Waals surface area contributed by atoms with Crippen LogP contribution in [-0.2, 0) is 4.74 Å². The van der Waals surface area contributed by atoms with Gasteiger partial charge in [-0.25, -0.2) is 0 Å². The Hall–Kier alpha value is -0.290. The average Bonchev–Trinajstić information content (AvgIpc) is 2.25. The molecule has 0 saturated carbocycles. The molecule has 1 rings (SSSR count). The van der Waals surface area contributed by atoms with Gasteiger partial charge in [0, 0.05) is 19.8 Å². The quantitative estimate of drug-likeness (QED) is 0.814. The second kappa shape index (κ2) is 5.87. The predicted octanol–water partition coefficient (Wildman–Crippen LogP) is 2.59. The van der Waals surface area contributed by atoms with Gasteiger partial charge in [0.15, 0.2) is 0 Å². The Kier molecular flexibility index (Phi) is 5.05. The lowest BCUT2D eigenvalue weighted by atomic mass is 9.85. The summed E-state index contributed by atoms with van der Waals surface area (Å²) in [7, 11) is 1.61. The minimum atomic E-state index is -4.04. The highest BCUT2D eigenvalue weighted by atomic mass is 19.4. The van der Waals surface area contributed by atoms with Gasteiger partial charge in [-0.05, 0) is 31.7 Å². The summed E-state index contributed by atoms with van der Waals surface area (Å²) in [6, 6.07) is -0.0319. The van der Waals surface area contributed by atoms with E-state index in [0.29, 0.717) is 13.2 Å². The second-order valence-corrected chi connectivity index (χ2v) is 4.58. The third-order valence-electron chi connectivity index (χ3n) is 3.36. The van der Waals surface area contributed by atoms with Gasteiger partial charge in [0.05, 0.1) is 5.92 Å². The topological polar surface area (TPSA) is 21.3 Å². The predicted molar refractivity (Wildman–Crippen MR) is 56.2 cm³/mol. The van der Waals surface area contributed by atoms with Crippen molar-refractivity contribution in [2.75, 3.05) is 20.3 Å². The minimum Gasteiger partial charge on any atom is -0.385 e. The highest BCUT2D eigenvalue weighted by Gasteiger charge is 2.42. The highest BCUT2D eigenvalue weighted by Crippen LogP contribution is 2.35. The molecule has 96 valence electrons. The highest BCUT2D eigenvalue weighted by molar-refractivity contribution is 4.85. The zero-order chi connectivity index (χ0) is 12.2. The van der Waals surface area contributed by atoms with E-state index in [1.807, 2.05) is 6.92 Å². The van der Waals surface area contributed by atoms with Gasteiger partial charge >= 0.3 is 6.18 Å². The lowest BCUT2D eigenvalue weighted by Gasteiger charge is -2.35. The Morgan fingerprint density at radius 3 is 2.69 bits per heavy atom. The number of piperidine rings is 1. The maximum atomic E-state index is 12.6. The number of halogens is 3. The van der Waals surface area contributed by atoms with Crippen LogP contribution in [0.25, 0.3) is 0 Å². The molecule has 0 aromatic heterocycles. The lowest BCUT2D eigenvalue weighted by molar-refractivity contribution is -0.184. The van der Waals surface area contributed by atoms with Crippen molar-refractivity contribution in [3.63, 3.8) is 0 Å². The molecule has 0 amide bonds. The van der Waals surface area contributed by atoms with Gasteiger partial charge < -0.3 is 10.1 Å². The first-order chi connectivity index (χ1) is 7.45. The molecule has 0 radical (unpaired) electrons. The van der Waals surface area contributed by atoms with Crippen LogP contribution in [0.5, 0.6) is 0 Å². The molecule has 1 fully saturated rings. The van der Waals surface area contributed by atoms with Crippen LogP contribution in [0.4, 0.5) is 13.2 Å². The van der Waals surface area contributed by atoms with Gasteiger partial charge in [0.2, 0.25) is 0 Å².